The summed E-state index contributed by atoms with van der Waals surface area (Å²) in [5, 5.41) is 8.47. The van der Waals surface area contributed by atoms with Crippen molar-refractivity contribution in [2.45, 2.75) is 21.1 Å². The summed E-state index contributed by atoms with van der Waals surface area (Å²) in [4.78, 5) is 27.4. The molecule has 0 aliphatic heterocycles. The van der Waals surface area contributed by atoms with E-state index < -0.39 is 5.97 Å². The number of carbonyl (C=O) groups is 2. The molecule has 0 radical (unpaired) electrons. The van der Waals surface area contributed by atoms with Crippen LogP contribution in [0.5, 0.6) is 0 Å². The van der Waals surface area contributed by atoms with E-state index in [0.717, 1.165) is 14.7 Å². The smallest absolute Gasteiger partial charge is 0.320 e. The number of ketones is 1. The van der Waals surface area contributed by atoms with Gasteiger partial charge in [0.05, 0.1) is 6.07 Å². The molecule has 0 aromatic heterocycles. The Kier molecular flexibility index (Phi) is 8.34. The zero-order valence-electron chi connectivity index (χ0n) is 17.1. The highest BCUT2D eigenvalue weighted by Crippen LogP contribution is 2.27. The van der Waals surface area contributed by atoms with Crippen molar-refractivity contribution in [1.82, 2.24) is 0 Å². The van der Waals surface area contributed by atoms with Gasteiger partial charge in [0.15, 0.2) is 10.7 Å². The van der Waals surface area contributed by atoms with Crippen LogP contribution in [0.15, 0.2) is 93.5 Å². The lowest BCUT2D eigenvalue weighted by Crippen LogP contribution is -2.15. The summed E-state index contributed by atoms with van der Waals surface area (Å²) in [7, 11) is -0.117. The Morgan fingerprint density at radius 2 is 1.48 bits per heavy atom. The fourth-order valence-electron chi connectivity index (χ4n) is 2.82. The zero-order chi connectivity index (χ0) is 22.1. The van der Waals surface area contributed by atoms with E-state index in [1.807, 2.05) is 66.7 Å². The second-order valence-corrected chi connectivity index (χ2v) is 9.99. The van der Waals surface area contributed by atoms with Crippen LogP contribution in [-0.2, 0) is 20.4 Å². The summed E-state index contributed by atoms with van der Waals surface area (Å²) < 4.78 is 5.03. The first-order valence-corrected chi connectivity index (χ1v) is 12.3. The van der Waals surface area contributed by atoms with E-state index in [4.69, 9.17) is 10.00 Å². The second-order valence-electron chi connectivity index (χ2n) is 6.69. The Hall–Kier alpha value is -3.01. The topological polar surface area (TPSA) is 67.2 Å². The molecule has 31 heavy (non-hydrogen) atoms. The van der Waals surface area contributed by atoms with Gasteiger partial charge in [-0.15, -0.1) is 0 Å². The van der Waals surface area contributed by atoms with Crippen molar-refractivity contribution in [1.29, 1.82) is 5.26 Å². The second kappa shape index (κ2) is 11.4. The van der Waals surface area contributed by atoms with Gasteiger partial charge in [0.1, 0.15) is 25.0 Å². The summed E-state index contributed by atoms with van der Waals surface area (Å²) in [5.41, 5.74) is 1.30. The predicted octanol–water partition coefficient (Wildman–Crippen LogP) is 5.13. The Bertz CT molecular complexity index is 1060. The van der Waals surface area contributed by atoms with E-state index in [9.17, 15) is 9.59 Å². The standard InChI is InChI=1S/C25H22NO3S2/c1-31(18-17-29-24(27)15-16-26)23-13-9-20(10-14-23)25(28)19-7-11-22(12-8-19)30-21-5-3-2-4-6-21/h2-14H,15,17-18H2,1H3/q+1. The van der Waals surface area contributed by atoms with E-state index >= 15 is 0 Å². The summed E-state index contributed by atoms with van der Waals surface area (Å²) in [6.07, 6.45) is 1.85. The molecule has 0 spiro atoms. The largest absolute Gasteiger partial charge is 0.460 e. The van der Waals surface area contributed by atoms with Gasteiger partial charge in [-0.1, -0.05) is 30.0 Å². The number of ether oxygens (including phenoxy) is 1. The Balaban J connectivity index is 1.57. The third-order valence-electron chi connectivity index (χ3n) is 4.49. The molecule has 0 fully saturated rings. The summed E-state index contributed by atoms with van der Waals surface area (Å²) in [6, 6.07) is 27.1. The van der Waals surface area contributed by atoms with E-state index in [-0.39, 0.29) is 29.7 Å². The van der Waals surface area contributed by atoms with Gasteiger partial charge < -0.3 is 4.74 Å². The molecular formula is C25H22NO3S2+. The third-order valence-corrected chi connectivity index (χ3v) is 7.36. The molecule has 0 bridgehead atoms. The average molecular weight is 449 g/mol. The zero-order valence-corrected chi connectivity index (χ0v) is 18.7. The van der Waals surface area contributed by atoms with Crippen LogP contribution in [0.1, 0.15) is 22.3 Å². The number of rotatable bonds is 9. The highest BCUT2D eigenvalue weighted by molar-refractivity contribution is 7.99. The van der Waals surface area contributed by atoms with E-state index in [0.29, 0.717) is 16.9 Å². The van der Waals surface area contributed by atoms with Crippen LogP contribution >= 0.6 is 11.8 Å². The molecule has 3 aromatic rings. The number of carbonyl (C=O) groups excluding carboxylic acids is 2. The lowest BCUT2D eigenvalue weighted by Gasteiger charge is -2.06. The molecule has 3 rings (SSSR count). The number of hydrogen-bond acceptors (Lipinski definition) is 5. The van der Waals surface area contributed by atoms with Gasteiger partial charge in [-0.3, -0.25) is 9.59 Å². The maximum atomic E-state index is 12.8. The van der Waals surface area contributed by atoms with Gasteiger partial charge in [0.2, 0.25) is 0 Å². The first-order chi connectivity index (χ1) is 15.1. The SMILES string of the molecule is C[S+](CCOC(=O)CC#N)c1ccc(C(=O)c2ccc(Sc3ccccc3)cc2)cc1. The van der Waals surface area contributed by atoms with Gasteiger partial charge in [-0.25, -0.2) is 0 Å². The molecule has 156 valence electrons. The van der Waals surface area contributed by atoms with Crippen molar-refractivity contribution in [3.05, 3.63) is 90.0 Å². The molecule has 0 amide bonds. The Labute approximate surface area is 189 Å². The summed E-state index contributed by atoms with van der Waals surface area (Å²) in [6.45, 7) is 0.286. The van der Waals surface area contributed by atoms with Crippen LogP contribution in [-0.4, -0.2) is 30.4 Å². The van der Waals surface area contributed by atoms with Gasteiger partial charge in [-0.2, -0.15) is 5.26 Å². The molecule has 1 unspecified atom stereocenters. The van der Waals surface area contributed by atoms with Gasteiger partial charge in [0, 0.05) is 31.8 Å². The Morgan fingerprint density at radius 3 is 2.10 bits per heavy atom. The maximum Gasteiger partial charge on any atom is 0.320 e. The molecule has 1 atom stereocenters. The highest BCUT2D eigenvalue weighted by Gasteiger charge is 2.17. The number of esters is 1. The van der Waals surface area contributed by atoms with Crippen molar-refractivity contribution in [2.24, 2.45) is 0 Å². The molecule has 0 aliphatic rings. The maximum absolute atomic E-state index is 12.8. The quantitative estimate of drug-likeness (QED) is 0.258. The molecule has 3 aromatic carbocycles. The van der Waals surface area contributed by atoms with Crippen molar-refractivity contribution in [3.63, 3.8) is 0 Å². The van der Waals surface area contributed by atoms with Crippen LogP contribution in [0.3, 0.4) is 0 Å². The highest BCUT2D eigenvalue weighted by atomic mass is 32.2. The van der Waals surface area contributed by atoms with E-state index in [1.165, 1.54) is 0 Å². The number of nitrogens with zero attached hydrogens (tertiary/aromatic N) is 1. The van der Waals surface area contributed by atoms with Gasteiger partial charge in [0.25, 0.3) is 0 Å². The number of hydrogen-bond donors (Lipinski definition) is 0. The third kappa shape index (κ3) is 6.74. The summed E-state index contributed by atoms with van der Waals surface area (Å²) >= 11 is 1.66. The van der Waals surface area contributed by atoms with Crippen LogP contribution in [0.2, 0.25) is 0 Å². The molecule has 6 heteroatoms. The van der Waals surface area contributed by atoms with Crippen molar-refractivity contribution >= 4 is 34.4 Å². The van der Waals surface area contributed by atoms with Crippen molar-refractivity contribution in [3.8, 4) is 6.07 Å². The molecule has 0 N–H and O–H groups in total. The predicted molar refractivity (Wildman–Crippen MR) is 124 cm³/mol. The van der Waals surface area contributed by atoms with Gasteiger partial charge in [-0.05, 0) is 60.7 Å². The molecule has 0 aliphatic carbocycles. The lowest BCUT2D eigenvalue weighted by atomic mass is 10.0. The molecular weight excluding hydrogens is 426 g/mol. The van der Waals surface area contributed by atoms with Crippen LogP contribution in [0, 0.1) is 11.3 Å². The first kappa shape index (κ1) is 22.7. The Morgan fingerprint density at radius 1 is 0.903 bits per heavy atom. The van der Waals surface area contributed by atoms with Crippen LogP contribution in [0.25, 0.3) is 0 Å². The molecule has 0 heterocycles. The monoisotopic (exact) mass is 448 g/mol. The van der Waals surface area contributed by atoms with Crippen LogP contribution < -0.4 is 0 Å². The van der Waals surface area contributed by atoms with Crippen molar-refractivity contribution < 1.29 is 14.3 Å². The number of benzene rings is 3. The van der Waals surface area contributed by atoms with Gasteiger partial charge >= 0.3 is 5.97 Å². The number of nitriles is 1. The minimum atomic E-state index is -0.492. The molecule has 0 saturated carbocycles. The average Bonchev–Trinajstić information content (AvgIpc) is 2.80. The van der Waals surface area contributed by atoms with E-state index in [2.05, 4.69) is 18.4 Å². The summed E-state index contributed by atoms with van der Waals surface area (Å²) in [5.74, 6) is 0.184. The fraction of sp³-hybridized carbons (Fsp3) is 0.160. The fourth-order valence-corrected chi connectivity index (χ4v) is 4.83. The molecule has 0 saturated heterocycles. The minimum Gasteiger partial charge on any atom is -0.460 e. The first-order valence-electron chi connectivity index (χ1n) is 9.69. The lowest BCUT2D eigenvalue weighted by molar-refractivity contribution is -0.141. The van der Waals surface area contributed by atoms with E-state index in [1.54, 1.807) is 17.8 Å². The minimum absolute atomic E-state index is 0.00997. The van der Waals surface area contributed by atoms with Crippen molar-refractivity contribution in [2.75, 3.05) is 18.6 Å². The van der Waals surface area contributed by atoms with Crippen LogP contribution in [0.4, 0.5) is 0 Å². The molecule has 4 nitrogen and oxygen atoms in total. The normalized spacial score (nSPS) is 11.4.